The number of methoxy groups -OCH3 is 2. The second-order valence-corrected chi connectivity index (χ2v) is 5.68. The molecule has 0 aliphatic rings. The highest BCUT2D eigenvalue weighted by Crippen LogP contribution is 2.27. The van der Waals surface area contributed by atoms with E-state index < -0.39 is 11.6 Å². The zero-order valence-electron chi connectivity index (χ0n) is 11.9. The first-order valence-corrected chi connectivity index (χ1v) is 7.41. The Morgan fingerprint density at radius 2 is 1.59 bits per heavy atom. The Balaban J connectivity index is 2.39. The third kappa shape index (κ3) is 3.31. The summed E-state index contributed by atoms with van der Waals surface area (Å²) in [5.74, 6) is -0.563. The Kier molecular flexibility index (Phi) is 5.21. The zero-order valence-corrected chi connectivity index (χ0v) is 14.2. The van der Waals surface area contributed by atoms with Crippen molar-refractivity contribution in [2.24, 2.45) is 0 Å². The van der Waals surface area contributed by atoms with E-state index in [-0.39, 0.29) is 16.1 Å². The maximum Gasteiger partial charge on any atom is 0.237 e. The monoisotopic (exact) mass is 382 g/mol. The van der Waals surface area contributed by atoms with E-state index in [9.17, 15) is 9.59 Å². The molecule has 0 saturated heterocycles. The molecule has 0 aliphatic heterocycles. The average Bonchev–Trinajstić information content (AvgIpc) is 2.53. The van der Waals surface area contributed by atoms with Crippen LogP contribution in [0, 0.1) is 0 Å². The predicted molar refractivity (Wildman–Crippen MR) is 87.4 cm³/mol. The highest BCUT2D eigenvalue weighted by molar-refractivity contribution is 9.10. The first-order valence-electron chi connectivity index (χ1n) is 6.24. The molecule has 0 amide bonds. The number of benzene rings is 2. The summed E-state index contributed by atoms with van der Waals surface area (Å²) in [6.45, 7) is 0. The number of hydrogen-bond donors (Lipinski definition) is 0. The summed E-state index contributed by atoms with van der Waals surface area (Å²) in [7, 11) is 2.91. The number of ether oxygens (including phenoxy) is 2. The van der Waals surface area contributed by atoms with Crippen LogP contribution in [0.5, 0.6) is 11.5 Å². The SMILES string of the molecule is COc1ccc(C(=O)C(=O)c2cc(Br)ccc2OC)cc1Cl. The van der Waals surface area contributed by atoms with Crippen LogP contribution < -0.4 is 9.47 Å². The molecule has 0 aliphatic carbocycles. The molecule has 0 heterocycles. The van der Waals surface area contributed by atoms with Crippen LogP contribution in [0.3, 0.4) is 0 Å². The lowest BCUT2D eigenvalue weighted by molar-refractivity contribution is 0.0815. The third-order valence-corrected chi connectivity index (χ3v) is 3.81. The molecular weight excluding hydrogens is 372 g/mol. The van der Waals surface area contributed by atoms with Gasteiger partial charge in [-0.3, -0.25) is 9.59 Å². The fourth-order valence-electron chi connectivity index (χ4n) is 1.92. The number of ketones is 2. The lowest BCUT2D eigenvalue weighted by Gasteiger charge is -2.08. The van der Waals surface area contributed by atoms with E-state index in [0.717, 1.165) is 0 Å². The van der Waals surface area contributed by atoms with E-state index in [4.69, 9.17) is 21.1 Å². The number of Topliss-reactive ketones (excluding diaryl/α,β-unsaturated/α-hetero) is 2. The van der Waals surface area contributed by atoms with Crippen LogP contribution >= 0.6 is 27.5 Å². The summed E-state index contributed by atoms with van der Waals surface area (Å²) >= 11 is 9.26. The van der Waals surface area contributed by atoms with Gasteiger partial charge in [0.1, 0.15) is 11.5 Å². The van der Waals surface area contributed by atoms with Gasteiger partial charge in [-0.1, -0.05) is 27.5 Å². The van der Waals surface area contributed by atoms with Gasteiger partial charge in [0.2, 0.25) is 11.6 Å². The van der Waals surface area contributed by atoms with Crippen molar-refractivity contribution >= 4 is 39.1 Å². The van der Waals surface area contributed by atoms with Crippen molar-refractivity contribution in [3.05, 3.63) is 57.0 Å². The zero-order chi connectivity index (χ0) is 16.3. The van der Waals surface area contributed by atoms with Crippen LogP contribution in [0.1, 0.15) is 20.7 Å². The summed E-state index contributed by atoms with van der Waals surface area (Å²) in [5, 5.41) is 0.266. The summed E-state index contributed by atoms with van der Waals surface area (Å²) in [6.07, 6.45) is 0. The molecule has 0 N–H and O–H groups in total. The standard InChI is InChI=1S/C16H12BrClO4/c1-21-13-6-4-10(17)8-11(13)16(20)15(19)9-3-5-14(22-2)12(18)7-9/h3-8H,1-2H3. The quantitative estimate of drug-likeness (QED) is 0.574. The summed E-state index contributed by atoms with van der Waals surface area (Å²) in [6, 6.07) is 9.33. The van der Waals surface area contributed by atoms with Gasteiger partial charge in [-0.2, -0.15) is 0 Å². The minimum Gasteiger partial charge on any atom is -0.496 e. The van der Waals surface area contributed by atoms with Crippen LogP contribution in [0.2, 0.25) is 5.02 Å². The molecule has 2 rings (SSSR count). The number of halogens is 2. The van der Waals surface area contributed by atoms with Crippen molar-refractivity contribution < 1.29 is 19.1 Å². The number of carbonyl (C=O) groups excluding carboxylic acids is 2. The first kappa shape index (κ1) is 16.5. The van der Waals surface area contributed by atoms with Crippen molar-refractivity contribution in [2.45, 2.75) is 0 Å². The van der Waals surface area contributed by atoms with Crippen molar-refractivity contribution in [1.29, 1.82) is 0 Å². The van der Waals surface area contributed by atoms with Gasteiger partial charge in [-0.15, -0.1) is 0 Å². The van der Waals surface area contributed by atoms with Gasteiger partial charge in [0.25, 0.3) is 0 Å². The molecular formula is C16H12BrClO4. The molecule has 0 atom stereocenters. The van der Waals surface area contributed by atoms with Gasteiger partial charge in [0, 0.05) is 10.0 Å². The Labute approximate surface area is 141 Å². The van der Waals surface area contributed by atoms with E-state index in [1.807, 2.05) is 0 Å². The number of carbonyl (C=O) groups is 2. The number of hydrogen-bond acceptors (Lipinski definition) is 4. The van der Waals surface area contributed by atoms with Crippen LogP contribution in [0.4, 0.5) is 0 Å². The normalized spacial score (nSPS) is 10.2. The van der Waals surface area contributed by atoms with E-state index in [0.29, 0.717) is 16.0 Å². The van der Waals surface area contributed by atoms with Gasteiger partial charge in [0.05, 0.1) is 24.8 Å². The lowest BCUT2D eigenvalue weighted by atomic mass is 10.0. The van der Waals surface area contributed by atoms with Gasteiger partial charge < -0.3 is 9.47 Å². The predicted octanol–water partition coefficient (Wildman–Crippen LogP) is 4.19. The fourth-order valence-corrected chi connectivity index (χ4v) is 2.54. The second kappa shape index (κ2) is 6.94. The van der Waals surface area contributed by atoms with Crippen LogP contribution in [-0.2, 0) is 0 Å². The second-order valence-electron chi connectivity index (χ2n) is 4.35. The van der Waals surface area contributed by atoms with Crippen LogP contribution in [0.25, 0.3) is 0 Å². The summed E-state index contributed by atoms with van der Waals surface area (Å²) in [5.41, 5.74) is 0.381. The molecule has 0 fully saturated rings. The number of rotatable bonds is 5. The highest BCUT2D eigenvalue weighted by Gasteiger charge is 2.23. The van der Waals surface area contributed by atoms with E-state index in [1.165, 1.54) is 26.4 Å². The van der Waals surface area contributed by atoms with Gasteiger partial charge in [-0.05, 0) is 36.4 Å². The molecule has 2 aromatic carbocycles. The maximum absolute atomic E-state index is 12.4. The van der Waals surface area contributed by atoms with Crippen LogP contribution in [0.15, 0.2) is 40.9 Å². The molecule has 114 valence electrons. The largest absolute Gasteiger partial charge is 0.496 e. The smallest absolute Gasteiger partial charge is 0.237 e. The molecule has 0 unspecified atom stereocenters. The summed E-state index contributed by atoms with van der Waals surface area (Å²) < 4.78 is 10.8. The average molecular weight is 384 g/mol. The van der Waals surface area contributed by atoms with E-state index >= 15 is 0 Å². The summed E-state index contributed by atoms with van der Waals surface area (Å²) in [4.78, 5) is 24.8. The van der Waals surface area contributed by atoms with Gasteiger partial charge in [0.15, 0.2) is 0 Å². The third-order valence-electron chi connectivity index (χ3n) is 3.03. The Morgan fingerprint density at radius 3 is 2.18 bits per heavy atom. The molecule has 0 saturated carbocycles. The van der Waals surface area contributed by atoms with Crippen LogP contribution in [-0.4, -0.2) is 25.8 Å². The van der Waals surface area contributed by atoms with Crippen molar-refractivity contribution in [2.75, 3.05) is 14.2 Å². The molecule has 0 radical (unpaired) electrons. The molecule has 0 aromatic heterocycles. The molecule has 2 aromatic rings. The highest BCUT2D eigenvalue weighted by atomic mass is 79.9. The lowest BCUT2D eigenvalue weighted by Crippen LogP contribution is -2.15. The minimum atomic E-state index is -0.667. The maximum atomic E-state index is 12.4. The van der Waals surface area contributed by atoms with Crippen molar-refractivity contribution in [1.82, 2.24) is 0 Å². The fraction of sp³-hybridized carbons (Fsp3) is 0.125. The molecule has 4 nitrogen and oxygen atoms in total. The van der Waals surface area contributed by atoms with Crippen molar-refractivity contribution in [3.63, 3.8) is 0 Å². The Bertz CT molecular complexity index is 743. The van der Waals surface area contributed by atoms with E-state index in [2.05, 4.69) is 15.9 Å². The first-order chi connectivity index (χ1) is 10.5. The minimum absolute atomic E-state index is 0.189. The van der Waals surface area contributed by atoms with Crippen molar-refractivity contribution in [3.8, 4) is 11.5 Å². The molecule has 0 spiro atoms. The Hall–Kier alpha value is -1.85. The topological polar surface area (TPSA) is 52.6 Å². The van der Waals surface area contributed by atoms with E-state index in [1.54, 1.807) is 24.3 Å². The molecule has 6 heteroatoms. The Morgan fingerprint density at radius 1 is 0.955 bits per heavy atom. The molecule has 22 heavy (non-hydrogen) atoms. The van der Waals surface area contributed by atoms with Gasteiger partial charge >= 0.3 is 0 Å². The van der Waals surface area contributed by atoms with Gasteiger partial charge in [-0.25, -0.2) is 0 Å². The molecule has 0 bridgehead atoms.